The number of rotatable bonds is 2. The van der Waals surface area contributed by atoms with Gasteiger partial charge in [-0.1, -0.05) is 6.07 Å². The molecule has 88 valence electrons. The lowest BCUT2D eigenvalue weighted by Crippen LogP contribution is -2.05. The standard InChI is InChI=1S/C11H11N3O3/c1-6-2-3-8(9(15)4-6)14-10(12)7(5-13-14)11(16)17/h2-5,15H,12H2,1H3,(H,16,17). The third-order valence-corrected chi connectivity index (χ3v) is 2.40. The van der Waals surface area contributed by atoms with Gasteiger partial charge in [0.2, 0.25) is 0 Å². The first-order valence-corrected chi connectivity index (χ1v) is 4.87. The third kappa shape index (κ3) is 1.80. The molecule has 0 spiro atoms. The number of phenols is 1. The Morgan fingerprint density at radius 2 is 2.18 bits per heavy atom. The zero-order valence-electron chi connectivity index (χ0n) is 9.08. The molecule has 4 N–H and O–H groups in total. The summed E-state index contributed by atoms with van der Waals surface area (Å²) >= 11 is 0. The molecule has 0 atom stereocenters. The highest BCUT2D eigenvalue weighted by atomic mass is 16.4. The molecule has 0 saturated carbocycles. The van der Waals surface area contributed by atoms with Gasteiger partial charge in [0.15, 0.2) is 0 Å². The minimum absolute atomic E-state index is 0.00302. The van der Waals surface area contributed by atoms with E-state index in [1.807, 2.05) is 6.92 Å². The summed E-state index contributed by atoms with van der Waals surface area (Å²) in [4.78, 5) is 10.8. The molecule has 2 rings (SSSR count). The van der Waals surface area contributed by atoms with E-state index in [2.05, 4.69) is 5.10 Å². The quantitative estimate of drug-likeness (QED) is 0.722. The van der Waals surface area contributed by atoms with Crippen LogP contribution in [0.3, 0.4) is 0 Å². The number of nitrogens with two attached hydrogens (primary N) is 1. The number of hydrogen-bond acceptors (Lipinski definition) is 4. The van der Waals surface area contributed by atoms with Gasteiger partial charge in [-0.3, -0.25) is 0 Å². The fourth-order valence-corrected chi connectivity index (χ4v) is 1.53. The molecule has 0 radical (unpaired) electrons. The van der Waals surface area contributed by atoms with Crippen molar-refractivity contribution < 1.29 is 15.0 Å². The molecule has 1 aromatic heterocycles. The summed E-state index contributed by atoms with van der Waals surface area (Å²) in [5.41, 5.74) is 6.79. The van der Waals surface area contributed by atoms with E-state index in [9.17, 15) is 9.90 Å². The lowest BCUT2D eigenvalue weighted by atomic mass is 10.2. The average Bonchev–Trinajstić information content (AvgIpc) is 2.60. The Balaban J connectivity index is 2.57. The Morgan fingerprint density at radius 3 is 2.71 bits per heavy atom. The summed E-state index contributed by atoms with van der Waals surface area (Å²) in [6, 6.07) is 4.95. The lowest BCUT2D eigenvalue weighted by Gasteiger charge is -2.07. The number of anilines is 1. The number of carboxylic acid groups (broad SMARTS) is 1. The molecular weight excluding hydrogens is 222 g/mol. The predicted octanol–water partition coefficient (Wildman–Crippen LogP) is 1.17. The van der Waals surface area contributed by atoms with Gasteiger partial charge in [-0.25, -0.2) is 9.48 Å². The van der Waals surface area contributed by atoms with Crippen LogP contribution in [0.2, 0.25) is 0 Å². The number of phenolic OH excluding ortho intramolecular Hbond substituents is 1. The molecule has 0 aliphatic carbocycles. The number of aromatic carboxylic acids is 1. The van der Waals surface area contributed by atoms with E-state index < -0.39 is 5.97 Å². The predicted molar refractivity (Wildman–Crippen MR) is 61.3 cm³/mol. The molecule has 2 aromatic rings. The van der Waals surface area contributed by atoms with E-state index in [-0.39, 0.29) is 17.1 Å². The van der Waals surface area contributed by atoms with Crippen LogP contribution in [-0.2, 0) is 0 Å². The van der Waals surface area contributed by atoms with E-state index in [1.165, 1.54) is 4.68 Å². The maximum Gasteiger partial charge on any atom is 0.341 e. The Bertz CT molecular complexity index is 590. The Morgan fingerprint density at radius 1 is 1.47 bits per heavy atom. The van der Waals surface area contributed by atoms with Gasteiger partial charge in [0, 0.05) is 0 Å². The number of aromatic nitrogens is 2. The topological polar surface area (TPSA) is 101 Å². The van der Waals surface area contributed by atoms with Crippen molar-refractivity contribution in [2.75, 3.05) is 5.73 Å². The maximum absolute atomic E-state index is 10.8. The summed E-state index contributed by atoms with van der Waals surface area (Å²) in [5, 5.41) is 22.4. The van der Waals surface area contributed by atoms with Crippen molar-refractivity contribution in [2.24, 2.45) is 0 Å². The van der Waals surface area contributed by atoms with E-state index in [0.717, 1.165) is 11.8 Å². The SMILES string of the molecule is Cc1ccc(-n2ncc(C(=O)O)c2N)c(O)c1. The molecule has 6 nitrogen and oxygen atoms in total. The van der Waals surface area contributed by atoms with Crippen LogP contribution in [0, 0.1) is 6.92 Å². The van der Waals surface area contributed by atoms with Gasteiger partial charge >= 0.3 is 5.97 Å². The molecule has 0 fully saturated rings. The number of aromatic hydroxyl groups is 1. The fourth-order valence-electron chi connectivity index (χ4n) is 1.53. The first-order valence-electron chi connectivity index (χ1n) is 4.87. The molecule has 1 heterocycles. The van der Waals surface area contributed by atoms with Crippen molar-refractivity contribution in [3.8, 4) is 11.4 Å². The minimum atomic E-state index is -1.15. The zero-order chi connectivity index (χ0) is 12.6. The van der Waals surface area contributed by atoms with Crippen LogP contribution >= 0.6 is 0 Å². The van der Waals surface area contributed by atoms with Gasteiger partial charge in [0.05, 0.1) is 6.20 Å². The number of aryl methyl sites for hydroxylation is 1. The highest BCUT2D eigenvalue weighted by Gasteiger charge is 2.16. The van der Waals surface area contributed by atoms with E-state index >= 15 is 0 Å². The summed E-state index contributed by atoms with van der Waals surface area (Å²) in [7, 11) is 0. The summed E-state index contributed by atoms with van der Waals surface area (Å²) < 4.78 is 1.19. The second-order valence-electron chi connectivity index (χ2n) is 3.65. The smallest absolute Gasteiger partial charge is 0.341 e. The average molecular weight is 233 g/mol. The molecule has 0 amide bonds. The number of carbonyl (C=O) groups is 1. The number of benzene rings is 1. The highest BCUT2D eigenvalue weighted by molar-refractivity contribution is 5.92. The fraction of sp³-hybridized carbons (Fsp3) is 0.0909. The second-order valence-corrected chi connectivity index (χ2v) is 3.65. The molecular formula is C11H11N3O3. The van der Waals surface area contributed by atoms with Crippen molar-refractivity contribution in [2.45, 2.75) is 6.92 Å². The molecule has 0 bridgehead atoms. The zero-order valence-corrected chi connectivity index (χ0v) is 9.08. The lowest BCUT2D eigenvalue weighted by molar-refractivity contribution is 0.0698. The van der Waals surface area contributed by atoms with E-state index in [4.69, 9.17) is 10.8 Å². The molecule has 0 aliphatic heterocycles. The first-order chi connectivity index (χ1) is 8.00. The number of nitrogen functional groups attached to an aromatic ring is 1. The van der Waals surface area contributed by atoms with Gasteiger partial charge in [-0.05, 0) is 24.6 Å². The molecule has 0 unspecified atom stereocenters. The third-order valence-electron chi connectivity index (χ3n) is 2.40. The maximum atomic E-state index is 10.8. The van der Waals surface area contributed by atoms with Gasteiger partial charge in [-0.15, -0.1) is 0 Å². The Kier molecular flexibility index (Phi) is 2.47. The molecule has 1 aromatic carbocycles. The number of carboxylic acids is 1. The summed E-state index contributed by atoms with van der Waals surface area (Å²) in [5.74, 6) is -1.17. The van der Waals surface area contributed by atoms with Crippen LogP contribution in [0.5, 0.6) is 5.75 Å². The Hall–Kier alpha value is -2.50. The van der Waals surface area contributed by atoms with Crippen LogP contribution < -0.4 is 5.73 Å². The van der Waals surface area contributed by atoms with Crippen LogP contribution in [0.1, 0.15) is 15.9 Å². The van der Waals surface area contributed by atoms with Gasteiger partial charge < -0.3 is 15.9 Å². The molecule has 0 aliphatic rings. The normalized spacial score (nSPS) is 10.4. The van der Waals surface area contributed by atoms with Crippen molar-refractivity contribution in [1.82, 2.24) is 9.78 Å². The first kappa shape index (κ1) is 11.0. The van der Waals surface area contributed by atoms with Gasteiger partial charge in [0.1, 0.15) is 22.8 Å². The summed E-state index contributed by atoms with van der Waals surface area (Å²) in [6.45, 7) is 1.83. The highest BCUT2D eigenvalue weighted by Crippen LogP contribution is 2.25. The molecule has 17 heavy (non-hydrogen) atoms. The van der Waals surface area contributed by atoms with Crippen molar-refractivity contribution in [3.05, 3.63) is 35.5 Å². The second kappa shape index (κ2) is 3.82. The van der Waals surface area contributed by atoms with Crippen LogP contribution in [-0.4, -0.2) is 26.0 Å². The molecule has 0 saturated heterocycles. The molecule has 6 heteroatoms. The van der Waals surface area contributed by atoms with Crippen molar-refractivity contribution in [1.29, 1.82) is 0 Å². The summed E-state index contributed by atoms with van der Waals surface area (Å²) in [6.07, 6.45) is 1.15. The number of hydrogen-bond donors (Lipinski definition) is 3. The van der Waals surface area contributed by atoms with Crippen LogP contribution in [0.4, 0.5) is 5.82 Å². The van der Waals surface area contributed by atoms with Crippen molar-refractivity contribution >= 4 is 11.8 Å². The van der Waals surface area contributed by atoms with E-state index in [0.29, 0.717) is 5.69 Å². The van der Waals surface area contributed by atoms with E-state index in [1.54, 1.807) is 18.2 Å². The Labute approximate surface area is 96.9 Å². The van der Waals surface area contributed by atoms with Crippen LogP contribution in [0.25, 0.3) is 5.69 Å². The van der Waals surface area contributed by atoms with Crippen LogP contribution in [0.15, 0.2) is 24.4 Å². The van der Waals surface area contributed by atoms with Gasteiger partial charge in [-0.2, -0.15) is 5.10 Å². The number of nitrogens with zero attached hydrogens (tertiary/aromatic N) is 2. The largest absolute Gasteiger partial charge is 0.506 e. The minimum Gasteiger partial charge on any atom is -0.506 e. The van der Waals surface area contributed by atoms with Crippen molar-refractivity contribution in [3.63, 3.8) is 0 Å². The monoisotopic (exact) mass is 233 g/mol. The van der Waals surface area contributed by atoms with Gasteiger partial charge in [0.25, 0.3) is 0 Å².